The van der Waals surface area contributed by atoms with Gasteiger partial charge in [0.2, 0.25) is 0 Å². The van der Waals surface area contributed by atoms with Gasteiger partial charge < -0.3 is 15.5 Å². The number of rotatable bonds is 4. The van der Waals surface area contributed by atoms with E-state index in [9.17, 15) is 4.79 Å². The number of para-hydroxylation sites is 1. The van der Waals surface area contributed by atoms with Gasteiger partial charge in [-0.3, -0.25) is 4.79 Å². The van der Waals surface area contributed by atoms with Crippen molar-refractivity contribution >= 4 is 22.7 Å². The van der Waals surface area contributed by atoms with Gasteiger partial charge in [-0.15, -0.1) is 0 Å². The lowest BCUT2D eigenvalue weighted by atomic mass is 10.1. The summed E-state index contributed by atoms with van der Waals surface area (Å²) in [5.41, 5.74) is 9.02. The molecule has 0 saturated heterocycles. The lowest BCUT2D eigenvalue weighted by Crippen LogP contribution is -2.08. The molecule has 0 bridgehead atoms. The molecule has 4 nitrogen and oxygen atoms in total. The standard InChI is InChI=1S/C14H18N2O2/c1-3-9-6-5-7-10-11(8-12(17)18-4-2)14(15)16-13(9)10/h5-7,16H,3-4,8,15H2,1-2H3. The first-order valence-electron chi connectivity index (χ1n) is 6.20. The second-order valence-electron chi connectivity index (χ2n) is 4.19. The zero-order valence-electron chi connectivity index (χ0n) is 10.7. The lowest BCUT2D eigenvalue weighted by Gasteiger charge is -2.02. The van der Waals surface area contributed by atoms with Crippen LogP contribution in [-0.4, -0.2) is 17.6 Å². The van der Waals surface area contributed by atoms with Gasteiger partial charge in [0.15, 0.2) is 0 Å². The Morgan fingerprint density at radius 3 is 2.83 bits per heavy atom. The predicted molar refractivity (Wildman–Crippen MR) is 72.4 cm³/mol. The molecule has 2 aromatic rings. The van der Waals surface area contributed by atoms with Crippen LogP contribution in [0.3, 0.4) is 0 Å². The van der Waals surface area contributed by atoms with Crippen molar-refractivity contribution in [2.24, 2.45) is 0 Å². The van der Waals surface area contributed by atoms with E-state index in [0.29, 0.717) is 12.4 Å². The van der Waals surface area contributed by atoms with Crippen LogP contribution in [-0.2, 0) is 22.4 Å². The largest absolute Gasteiger partial charge is 0.466 e. The number of esters is 1. The number of aromatic nitrogens is 1. The van der Waals surface area contributed by atoms with Crippen LogP contribution in [0.4, 0.5) is 5.82 Å². The van der Waals surface area contributed by atoms with E-state index in [0.717, 1.165) is 22.9 Å². The summed E-state index contributed by atoms with van der Waals surface area (Å²) in [6.45, 7) is 4.28. The molecule has 0 spiro atoms. The third kappa shape index (κ3) is 2.18. The maximum absolute atomic E-state index is 11.6. The number of benzene rings is 1. The first kappa shape index (κ1) is 12.5. The molecule has 0 amide bonds. The number of hydrogen-bond donors (Lipinski definition) is 2. The van der Waals surface area contributed by atoms with E-state index < -0.39 is 0 Å². The molecule has 0 aliphatic heterocycles. The number of nitrogen functional groups attached to an aromatic ring is 1. The molecule has 0 aliphatic carbocycles. The highest BCUT2D eigenvalue weighted by molar-refractivity contribution is 5.93. The number of ether oxygens (including phenoxy) is 1. The van der Waals surface area contributed by atoms with Crippen molar-refractivity contribution < 1.29 is 9.53 Å². The van der Waals surface area contributed by atoms with Crippen LogP contribution in [0.25, 0.3) is 10.9 Å². The van der Waals surface area contributed by atoms with Crippen LogP contribution in [0.2, 0.25) is 0 Å². The summed E-state index contributed by atoms with van der Waals surface area (Å²) < 4.78 is 4.97. The third-order valence-electron chi connectivity index (χ3n) is 3.07. The van der Waals surface area contributed by atoms with Gasteiger partial charge in [-0.05, 0) is 18.9 Å². The Kier molecular flexibility index (Phi) is 3.55. The summed E-state index contributed by atoms with van der Waals surface area (Å²) in [6, 6.07) is 6.03. The molecule has 0 unspecified atom stereocenters. The van der Waals surface area contributed by atoms with Gasteiger partial charge in [0.25, 0.3) is 0 Å². The van der Waals surface area contributed by atoms with Gasteiger partial charge in [-0.2, -0.15) is 0 Å². The molecule has 4 heteroatoms. The van der Waals surface area contributed by atoms with Gasteiger partial charge in [0.05, 0.1) is 18.5 Å². The maximum Gasteiger partial charge on any atom is 0.310 e. The average Bonchev–Trinajstić information content (AvgIpc) is 2.66. The van der Waals surface area contributed by atoms with Gasteiger partial charge in [-0.1, -0.05) is 25.1 Å². The van der Waals surface area contributed by atoms with Crippen LogP contribution in [0, 0.1) is 0 Å². The highest BCUT2D eigenvalue weighted by Gasteiger charge is 2.15. The number of carbonyl (C=O) groups is 1. The predicted octanol–water partition coefficient (Wildman–Crippen LogP) is 2.42. The smallest absolute Gasteiger partial charge is 0.310 e. The number of anilines is 1. The quantitative estimate of drug-likeness (QED) is 0.814. The minimum absolute atomic E-state index is 0.215. The minimum Gasteiger partial charge on any atom is -0.466 e. The second-order valence-corrected chi connectivity index (χ2v) is 4.19. The number of H-pyrrole nitrogens is 1. The fourth-order valence-electron chi connectivity index (χ4n) is 2.20. The van der Waals surface area contributed by atoms with E-state index in [-0.39, 0.29) is 12.4 Å². The average molecular weight is 246 g/mol. The number of aromatic amines is 1. The van der Waals surface area contributed by atoms with E-state index in [4.69, 9.17) is 10.5 Å². The Morgan fingerprint density at radius 2 is 2.17 bits per heavy atom. The summed E-state index contributed by atoms with van der Waals surface area (Å²) in [4.78, 5) is 14.7. The number of nitrogens with two attached hydrogens (primary N) is 1. The zero-order chi connectivity index (χ0) is 13.1. The summed E-state index contributed by atoms with van der Waals surface area (Å²) in [6.07, 6.45) is 1.14. The molecule has 0 saturated carbocycles. The van der Waals surface area contributed by atoms with E-state index in [1.165, 1.54) is 5.56 Å². The zero-order valence-corrected chi connectivity index (χ0v) is 10.7. The van der Waals surface area contributed by atoms with Crippen LogP contribution >= 0.6 is 0 Å². The molecule has 0 fully saturated rings. The van der Waals surface area contributed by atoms with E-state index in [2.05, 4.69) is 18.0 Å². The fraction of sp³-hybridized carbons (Fsp3) is 0.357. The molecule has 0 radical (unpaired) electrons. The van der Waals surface area contributed by atoms with Crippen molar-refractivity contribution in [1.29, 1.82) is 0 Å². The van der Waals surface area contributed by atoms with Crippen molar-refractivity contribution in [3.05, 3.63) is 29.3 Å². The molecule has 96 valence electrons. The molecular formula is C14H18N2O2. The van der Waals surface area contributed by atoms with Crippen molar-refractivity contribution in [3.63, 3.8) is 0 Å². The SMILES string of the molecule is CCOC(=O)Cc1c(N)[nH]c2c(CC)cccc12. The molecule has 0 aliphatic rings. The third-order valence-corrected chi connectivity index (χ3v) is 3.07. The van der Waals surface area contributed by atoms with Gasteiger partial charge >= 0.3 is 5.97 Å². The monoisotopic (exact) mass is 246 g/mol. The number of aryl methyl sites for hydroxylation is 1. The number of nitrogens with one attached hydrogen (secondary N) is 1. The van der Waals surface area contributed by atoms with Gasteiger partial charge in [0, 0.05) is 10.9 Å². The number of hydrogen-bond acceptors (Lipinski definition) is 3. The Labute approximate surface area is 106 Å². The maximum atomic E-state index is 11.6. The Morgan fingerprint density at radius 1 is 1.39 bits per heavy atom. The Balaban J connectivity index is 2.44. The van der Waals surface area contributed by atoms with Crippen LogP contribution in [0.1, 0.15) is 25.0 Å². The van der Waals surface area contributed by atoms with E-state index in [1.54, 1.807) is 6.92 Å². The van der Waals surface area contributed by atoms with Crippen molar-refractivity contribution in [3.8, 4) is 0 Å². The van der Waals surface area contributed by atoms with E-state index in [1.807, 2.05) is 12.1 Å². The molecule has 3 N–H and O–H groups in total. The topological polar surface area (TPSA) is 68.1 Å². The van der Waals surface area contributed by atoms with E-state index >= 15 is 0 Å². The highest BCUT2D eigenvalue weighted by Crippen LogP contribution is 2.27. The number of carbonyl (C=O) groups excluding carboxylic acids is 1. The Hall–Kier alpha value is -1.97. The minimum atomic E-state index is -0.244. The van der Waals surface area contributed by atoms with Crippen LogP contribution < -0.4 is 5.73 Å². The number of fused-ring (bicyclic) bond motifs is 1. The molecular weight excluding hydrogens is 228 g/mol. The van der Waals surface area contributed by atoms with Crippen LogP contribution in [0.5, 0.6) is 0 Å². The Bertz CT molecular complexity index is 572. The normalized spacial score (nSPS) is 10.8. The van der Waals surface area contributed by atoms with Gasteiger partial charge in [0.1, 0.15) is 5.82 Å². The van der Waals surface area contributed by atoms with Crippen molar-refractivity contribution in [2.45, 2.75) is 26.7 Å². The molecule has 1 heterocycles. The lowest BCUT2D eigenvalue weighted by molar-refractivity contribution is -0.142. The molecule has 1 aromatic heterocycles. The second kappa shape index (κ2) is 5.12. The van der Waals surface area contributed by atoms with Crippen molar-refractivity contribution in [2.75, 3.05) is 12.3 Å². The molecule has 18 heavy (non-hydrogen) atoms. The first-order valence-corrected chi connectivity index (χ1v) is 6.20. The summed E-state index contributed by atoms with van der Waals surface area (Å²) in [5.74, 6) is 0.311. The van der Waals surface area contributed by atoms with Crippen molar-refractivity contribution in [1.82, 2.24) is 4.98 Å². The fourth-order valence-corrected chi connectivity index (χ4v) is 2.20. The molecule has 0 atom stereocenters. The highest BCUT2D eigenvalue weighted by atomic mass is 16.5. The molecule has 2 rings (SSSR count). The molecule has 1 aromatic carbocycles. The summed E-state index contributed by atoms with van der Waals surface area (Å²) >= 11 is 0. The van der Waals surface area contributed by atoms with Gasteiger partial charge in [-0.25, -0.2) is 0 Å². The summed E-state index contributed by atoms with van der Waals surface area (Å²) in [7, 11) is 0. The van der Waals surface area contributed by atoms with Crippen LogP contribution in [0.15, 0.2) is 18.2 Å². The summed E-state index contributed by atoms with van der Waals surface area (Å²) in [5, 5.41) is 1.01. The first-order chi connectivity index (χ1) is 8.67.